The molecule has 0 aromatic heterocycles. The minimum atomic E-state index is -0.831. The lowest BCUT2D eigenvalue weighted by Crippen LogP contribution is -2.30. The maximum atomic E-state index is 12.8. The molecular weight excluding hydrogens is 829 g/mol. The lowest BCUT2D eigenvalue weighted by atomic mass is 10.0. The molecule has 1 atom stereocenters. The van der Waals surface area contributed by atoms with E-state index in [2.05, 4.69) is 93.7 Å². The van der Waals surface area contributed by atoms with Crippen molar-refractivity contribution < 1.29 is 28.6 Å². The van der Waals surface area contributed by atoms with Gasteiger partial charge in [0.05, 0.1) is 0 Å². The first-order valence-corrected chi connectivity index (χ1v) is 26.4. The van der Waals surface area contributed by atoms with E-state index in [4.69, 9.17) is 14.2 Å². The molecule has 0 N–H and O–H groups in total. The summed E-state index contributed by atoms with van der Waals surface area (Å²) in [5.74, 6) is -1.03. The van der Waals surface area contributed by atoms with Gasteiger partial charge in [0.2, 0.25) is 0 Å². The Hall–Kier alpha value is -4.71. The molecule has 0 aliphatic carbocycles. The summed E-state index contributed by atoms with van der Waals surface area (Å²) in [6, 6.07) is 0. The highest BCUT2D eigenvalue weighted by Crippen LogP contribution is 2.14. The minimum absolute atomic E-state index is 0.120. The lowest BCUT2D eigenvalue weighted by Gasteiger charge is -2.18. The van der Waals surface area contributed by atoms with Crippen LogP contribution in [-0.2, 0) is 28.6 Å². The molecule has 0 bridgehead atoms. The molecule has 0 radical (unpaired) electrons. The molecule has 0 fully saturated rings. The molecule has 0 saturated heterocycles. The first-order chi connectivity index (χ1) is 33.0. The molecule has 6 heteroatoms. The zero-order valence-electron chi connectivity index (χ0n) is 42.6. The smallest absolute Gasteiger partial charge is 0.306 e. The molecule has 0 amide bonds. The minimum Gasteiger partial charge on any atom is -0.462 e. The largest absolute Gasteiger partial charge is 0.462 e. The number of rotatable bonds is 45. The molecule has 0 aromatic rings. The Morgan fingerprint density at radius 1 is 0.328 bits per heavy atom. The van der Waals surface area contributed by atoms with Gasteiger partial charge < -0.3 is 14.2 Å². The fourth-order valence-corrected chi connectivity index (χ4v) is 6.64. The molecule has 1 unspecified atom stereocenters. The van der Waals surface area contributed by atoms with Gasteiger partial charge in [-0.3, -0.25) is 14.4 Å². The summed E-state index contributed by atoms with van der Waals surface area (Å²) >= 11 is 0. The predicted molar refractivity (Wildman–Crippen MR) is 288 cm³/mol. The van der Waals surface area contributed by atoms with Crippen molar-refractivity contribution in [3.8, 4) is 0 Å². The number of allylic oxidation sites excluding steroid dienone is 24. The molecule has 0 spiro atoms. The SMILES string of the molecule is CC\C=C/C=C\C=C/C=C\C=C\C=C/C=C\CCCCCC(=O)OCC(COC(=O)CCCCCCCCCCCCCCC)OC(=O)CCC/C=C\C/C=C\C/C=C\C/C=C\C/C=C\CC. The van der Waals surface area contributed by atoms with E-state index < -0.39 is 6.10 Å². The van der Waals surface area contributed by atoms with E-state index in [1.54, 1.807) is 0 Å². The lowest BCUT2D eigenvalue weighted by molar-refractivity contribution is -0.167. The van der Waals surface area contributed by atoms with Crippen LogP contribution in [0.1, 0.15) is 201 Å². The molecule has 0 rings (SSSR count). The summed E-state index contributed by atoms with van der Waals surface area (Å²) in [5.41, 5.74) is 0. The van der Waals surface area contributed by atoms with E-state index in [-0.39, 0.29) is 44.0 Å². The van der Waals surface area contributed by atoms with Gasteiger partial charge in [0.25, 0.3) is 0 Å². The van der Waals surface area contributed by atoms with Crippen molar-refractivity contribution >= 4 is 17.9 Å². The average molecular weight is 923 g/mol. The first kappa shape index (κ1) is 62.3. The Morgan fingerprint density at radius 2 is 0.672 bits per heavy atom. The van der Waals surface area contributed by atoms with E-state index in [1.807, 2.05) is 72.9 Å². The Balaban J connectivity index is 4.61. The van der Waals surface area contributed by atoms with Crippen LogP contribution in [0.3, 0.4) is 0 Å². The van der Waals surface area contributed by atoms with Crippen LogP contribution in [0.15, 0.2) is 146 Å². The zero-order valence-corrected chi connectivity index (χ0v) is 42.6. The quantitative estimate of drug-likeness (QED) is 0.0199. The number of hydrogen-bond acceptors (Lipinski definition) is 6. The van der Waals surface area contributed by atoms with E-state index >= 15 is 0 Å². The number of ether oxygens (including phenoxy) is 3. The van der Waals surface area contributed by atoms with Crippen molar-refractivity contribution in [2.45, 2.75) is 207 Å². The van der Waals surface area contributed by atoms with Crippen LogP contribution in [0.5, 0.6) is 0 Å². The third-order valence-corrected chi connectivity index (χ3v) is 10.5. The molecule has 0 heterocycles. The second-order valence-electron chi connectivity index (χ2n) is 16.9. The molecule has 0 aromatic carbocycles. The number of unbranched alkanes of at least 4 members (excludes halogenated alkanes) is 16. The van der Waals surface area contributed by atoms with Crippen molar-refractivity contribution in [3.05, 3.63) is 146 Å². The molecule has 0 saturated carbocycles. The zero-order chi connectivity index (χ0) is 48.6. The van der Waals surface area contributed by atoms with Gasteiger partial charge in [-0.05, 0) is 77.0 Å². The maximum Gasteiger partial charge on any atom is 0.306 e. The van der Waals surface area contributed by atoms with E-state index in [0.717, 1.165) is 83.5 Å². The molecular formula is C61H94O6. The molecule has 0 aliphatic heterocycles. The normalized spacial score (nSPS) is 13.3. The standard InChI is InChI=1S/C61H94O6/c1-4-7-10-13-16-19-22-25-27-29-30-32-33-36-39-42-45-48-51-54-60(63)66-57-58(56-65-59(62)53-50-47-44-41-38-35-24-21-18-15-12-9-6-3)67-61(64)55-52-49-46-43-40-37-34-31-28-26-23-20-17-14-11-8-5-2/h7-8,10-11,13,16-17,19-20,22,25-30,32-34,36-37,39,43,46,58H,4-6,9,12,14-15,18,21,23-24,31,35,38,40-42,44-45,47-57H2,1-3H3/b10-7-,11-8-,16-13-,20-17-,22-19-,27-25-,28-26-,30-29+,33-32-,37-34-,39-36-,46-43-. The average Bonchev–Trinajstić information content (AvgIpc) is 3.33. The highest BCUT2D eigenvalue weighted by molar-refractivity contribution is 5.71. The maximum absolute atomic E-state index is 12.8. The topological polar surface area (TPSA) is 78.9 Å². The van der Waals surface area contributed by atoms with Crippen molar-refractivity contribution in [1.82, 2.24) is 0 Å². The summed E-state index contributed by atoms with van der Waals surface area (Å²) in [4.78, 5) is 38.0. The Labute approximate surface area is 410 Å². The second-order valence-corrected chi connectivity index (χ2v) is 16.9. The Bertz CT molecular complexity index is 1530. The number of carbonyl (C=O) groups excluding carboxylic acids is 3. The highest BCUT2D eigenvalue weighted by atomic mass is 16.6. The predicted octanol–water partition coefficient (Wildman–Crippen LogP) is 17.6. The van der Waals surface area contributed by atoms with Crippen molar-refractivity contribution in [1.29, 1.82) is 0 Å². The summed E-state index contributed by atoms with van der Waals surface area (Å²) in [6.45, 7) is 6.27. The van der Waals surface area contributed by atoms with E-state index in [9.17, 15) is 14.4 Å². The summed E-state index contributed by atoms with van der Waals surface area (Å²) in [5, 5.41) is 0. The van der Waals surface area contributed by atoms with Crippen molar-refractivity contribution in [2.75, 3.05) is 13.2 Å². The van der Waals surface area contributed by atoms with Gasteiger partial charge in [-0.1, -0.05) is 250 Å². The number of esters is 3. The fourth-order valence-electron chi connectivity index (χ4n) is 6.64. The van der Waals surface area contributed by atoms with Gasteiger partial charge in [-0.2, -0.15) is 0 Å². The number of carbonyl (C=O) groups is 3. The molecule has 374 valence electrons. The Kier molecular flexibility index (Phi) is 50.1. The van der Waals surface area contributed by atoms with Gasteiger partial charge in [0.15, 0.2) is 6.10 Å². The van der Waals surface area contributed by atoms with E-state index in [0.29, 0.717) is 19.3 Å². The van der Waals surface area contributed by atoms with Gasteiger partial charge in [-0.15, -0.1) is 0 Å². The third-order valence-electron chi connectivity index (χ3n) is 10.5. The van der Waals surface area contributed by atoms with E-state index in [1.165, 1.54) is 64.2 Å². The fraction of sp³-hybridized carbons (Fsp3) is 0.557. The third kappa shape index (κ3) is 52.1. The highest BCUT2D eigenvalue weighted by Gasteiger charge is 2.19. The number of hydrogen-bond donors (Lipinski definition) is 0. The molecule has 6 nitrogen and oxygen atoms in total. The van der Waals surface area contributed by atoms with Crippen LogP contribution in [-0.4, -0.2) is 37.2 Å². The van der Waals surface area contributed by atoms with Crippen LogP contribution in [0.25, 0.3) is 0 Å². The van der Waals surface area contributed by atoms with Gasteiger partial charge in [-0.25, -0.2) is 0 Å². The Morgan fingerprint density at radius 3 is 1.12 bits per heavy atom. The van der Waals surface area contributed by atoms with Crippen LogP contribution >= 0.6 is 0 Å². The van der Waals surface area contributed by atoms with Crippen LogP contribution < -0.4 is 0 Å². The van der Waals surface area contributed by atoms with Gasteiger partial charge in [0.1, 0.15) is 13.2 Å². The summed E-state index contributed by atoms with van der Waals surface area (Å²) < 4.78 is 16.7. The van der Waals surface area contributed by atoms with Crippen LogP contribution in [0, 0.1) is 0 Å². The van der Waals surface area contributed by atoms with Gasteiger partial charge >= 0.3 is 17.9 Å². The molecule has 67 heavy (non-hydrogen) atoms. The van der Waals surface area contributed by atoms with Crippen LogP contribution in [0.4, 0.5) is 0 Å². The summed E-state index contributed by atoms with van der Waals surface area (Å²) in [6.07, 6.45) is 76.9. The first-order valence-electron chi connectivity index (χ1n) is 26.4. The molecule has 0 aliphatic rings. The van der Waals surface area contributed by atoms with Crippen molar-refractivity contribution in [2.24, 2.45) is 0 Å². The second kappa shape index (κ2) is 53.9. The monoisotopic (exact) mass is 923 g/mol. The summed E-state index contributed by atoms with van der Waals surface area (Å²) in [7, 11) is 0. The van der Waals surface area contributed by atoms with Crippen molar-refractivity contribution in [3.63, 3.8) is 0 Å². The van der Waals surface area contributed by atoms with Gasteiger partial charge in [0, 0.05) is 19.3 Å². The van der Waals surface area contributed by atoms with Crippen LogP contribution in [0.2, 0.25) is 0 Å².